The molecule has 2 aromatic carbocycles. The van der Waals surface area contributed by atoms with E-state index in [9.17, 15) is 13.5 Å². The summed E-state index contributed by atoms with van der Waals surface area (Å²) in [6.07, 6.45) is 0. The molecule has 0 fully saturated rings. The van der Waals surface area contributed by atoms with Crippen LogP contribution in [0.5, 0.6) is 0 Å². The first-order valence-corrected chi connectivity index (χ1v) is 8.00. The summed E-state index contributed by atoms with van der Waals surface area (Å²) < 4.78 is 26.9. The number of benzene rings is 2. The van der Waals surface area contributed by atoms with Gasteiger partial charge in [-0.15, -0.1) is 0 Å². The second kappa shape index (κ2) is 5.02. The van der Waals surface area contributed by atoms with E-state index < -0.39 is 10.0 Å². The van der Waals surface area contributed by atoms with Crippen molar-refractivity contribution in [3.8, 4) is 0 Å². The fraction of sp³-hybridized carbons (Fsp3) is 0.125. The molecule has 1 heterocycles. The number of hydrogen-bond acceptors (Lipinski definition) is 3. The van der Waals surface area contributed by atoms with Crippen molar-refractivity contribution in [1.82, 2.24) is 3.97 Å². The van der Waals surface area contributed by atoms with Gasteiger partial charge in [0, 0.05) is 5.39 Å². The molecule has 0 saturated carbocycles. The second-order valence-electron chi connectivity index (χ2n) is 4.94. The Bertz CT molecular complexity index is 896. The van der Waals surface area contributed by atoms with Crippen LogP contribution in [0.2, 0.25) is 0 Å². The van der Waals surface area contributed by atoms with Gasteiger partial charge in [0.2, 0.25) is 0 Å². The number of fused-ring (bicyclic) bond motifs is 1. The lowest BCUT2D eigenvalue weighted by molar-refractivity contribution is 0.276. The molecule has 0 atom stereocenters. The van der Waals surface area contributed by atoms with Crippen LogP contribution < -0.4 is 0 Å². The summed E-state index contributed by atoms with van der Waals surface area (Å²) in [5.41, 5.74) is 1.98. The molecular formula is C16H15NO3S. The topological polar surface area (TPSA) is 59.3 Å². The summed E-state index contributed by atoms with van der Waals surface area (Å²) in [7, 11) is -3.72. The first-order chi connectivity index (χ1) is 10.0. The molecule has 0 spiro atoms. The quantitative estimate of drug-likeness (QED) is 0.809. The molecule has 1 N–H and O–H groups in total. The van der Waals surface area contributed by atoms with Crippen molar-refractivity contribution in [2.24, 2.45) is 0 Å². The Labute approximate surface area is 123 Å². The van der Waals surface area contributed by atoms with E-state index >= 15 is 0 Å². The number of aliphatic hydroxyl groups excluding tert-OH is 1. The molecule has 0 aliphatic carbocycles. The Morgan fingerprint density at radius 1 is 1.05 bits per heavy atom. The molecule has 3 rings (SSSR count). The standard InChI is InChI=1S/C16H15NO3S/c1-12-7-8-16-13(9-12)10-14(11-18)17(16)21(19,20)15-5-3-2-4-6-15/h2-10,18H,11H2,1H3. The number of hydrogen-bond donors (Lipinski definition) is 1. The van der Waals surface area contributed by atoms with E-state index in [-0.39, 0.29) is 11.5 Å². The zero-order chi connectivity index (χ0) is 15.0. The third kappa shape index (κ3) is 2.24. The Morgan fingerprint density at radius 3 is 2.43 bits per heavy atom. The largest absolute Gasteiger partial charge is 0.390 e. The summed E-state index contributed by atoms with van der Waals surface area (Å²) in [6.45, 7) is 1.61. The molecule has 0 radical (unpaired) electrons. The summed E-state index contributed by atoms with van der Waals surface area (Å²) >= 11 is 0. The highest BCUT2D eigenvalue weighted by Gasteiger charge is 2.22. The van der Waals surface area contributed by atoms with E-state index in [1.54, 1.807) is 42.5 Å². The Kier molecular flexibility index (Phi) is 3.31. The first-order valence-electron chi connectivity index (χ1n) is 6.56. The highest BCUT2D eigenvalue weighted by Crippen LogP contribution is 2.26. The van der Waals surface area contributed by atoms with E-state index in [4.69, 9.17) is 0 Å². The third-order valence-electron chi connectivity index (χ3n) is 3.43. The Morgan fingerprint density at radius 2 is 1.76 bits per heavy atom. The Balaban J connectivity index is 2.34. The number of aromatic nitrogens is 1. The monoisotopic (exact) mass is 301 g/mol. The van der Waals surface area contributed by atoms with Crippen molar-refractivity contribution in [3.63, 3.8) is 0 Å². The predicted molar refractivity (Wildman–Crippen MR) is 81.6 cm³/mol. The molecule has 0 amide bonds. The molecule has 108 valence electrons. The van der Waals surface area contributed by atoms with E-state index in [1.165, 1.54) is 3.97 Å². The van der Waals surface area contributed by atoms with Crippen LogP contribution in [0, 0.1) is 6.92 Å². The van der Waals surface area contributed by atoms with Gasteiger partial charge >= 0.3 is 0 Å². The van der Waals surface area contributed by atoms with Crippen LogP contribution >= 0.6 is 0 Å². The third-order valence-corrected chi connectivity index (χ3v) is 5.21. The molecular weight excluding hydrogens is 286 g/mol. The molecule has 0 saturated heterocycles. The fourth-order valence-corrected chi connectivity index (χ4v) is 4.02. The maximum absolute atomic E-state index is 12.8. The lowest BCUT2D eigenvalue weighted by Crippen LogP contribution is -2.15. The molecule has 1 aromatic heterocycles. The molecule has 0 aliphatic rings. The van der Waals surface area contributed by atoms with Gasteiger partial charge in [0.25, 0.3) is 10.0 Å². The van der Waals surface area contributed by atoms with Crippen molar-refractivity contribution in [3.05, 3.63) is 65.9 Å². The minimum atomic E-state index is -3.72. The van der Waals surface area contributed by atoms with Gasteiger partial charge in [-0.2, -0.15) is 0 Å². The average Bonchev–Trinajstić information content (AvgIpc) is 2.86. The summed E-state index contributed by atoms with van der Waals surface area (Å²) in [5, 5.41) is 10.3. The Hall–Kier alpha value is -2.11. The van der Waals surface area contributed by atoms with E-state index in [1.807, 2.05) is 19.1 Å². The van der Waals surface area contributed by atoms with Crippen molar-refractivity contribution in [1.29, 1.82) is 0 Å². The van der Waals surface area contributed by atoms with Gasteiger partial charge in [-0.1, -0.05) is 29.8 Å². The number of rotatable bonds is 3. The smallest absolute Gasteiger partial charge is 0.268 e. The summed E-state index contributed by atoms with van der Waals surface area (Å²) in [4.78, 5) is 0.206. The van der Waals surface area contributed by atoms with Gasteiger partial charge in [-0.25, -0.2) is 12.4 Å². The molecule has 0 unspecified atom stereocenters. The van der Waals surface area contributed by atoms with Gasteiger partial charge in [0.15, 0.2) is 0 Å². The van der Waals surface area contributed by atoms with Crippen LogP contribution in [-0.4, -0.2) is 17.5 Å². The van der Waals surface area contributed by atoms with Crippen LogP contribution in [0.1, 0.15) is 11.3 Å². The van der Waals surface area contributed by atoms with Crippen molar-refractivity contribution >= 4 is 20.9 Å². The molecule has 5 heteroatoms. The number of aliphatic hydroxyl groups is 1. The van der Waals surface area contributed by atoms with Gasteiger partial charge in [0.1, 0.15) is 0 Å². The predicted octanol–water partition coefficient (Wildman–Crippen LogP) is 2.68. The number of aryl methyl sites for hydroxylation is 1. The molecule has 0 aliphatic heterocycles. The van der Waals surface area contributed by atoms with Gasteiger partial charge in [-0.3, -0.25) is 0 Å². The lowest BCUT2D eigenvalue weighted by atomic mass is 10.2. The molecule has 3 aromatic rings. The van der Waals surface area contributed by atoms with Crippen molar-refractivity contribution < 1.29 is 13.5 Å². The van der Waals surface area contributed by atoms with Crippen LogP contribution in [-0.2, 0) is 16.6 Å². The van der Waals surface area contributed by atoms with Crippen molar-refractivity contribution in [2.75, 3.05) is 0 Å². The van der Waals surface area contributed by atoms with Gasteiger partial charge < -0.3 is 5.11 Å². The maximum atomic E-state index is 12.8. The first kappa shape index (κ1) is 13.9. The molecule has 21 heavy (non-hydrogen) atoms. The van der Waals surface area contributed by atoms with E-state index in [0.29, 0.717) is 11.2 Å². The summed E-state index contributed by atoms with van der Waals surface area (Å²) in [6, 6.07) is 15.5. The van der Waals surface area contributed by atoms with Gasteiger partial charge in [0.05, 0.1) is 22.7 Å². The van der Waals surface area contributed by atoms with E-state index in [2.05, 4.69) is 0 Å². The van der Waals surface area contributed by atoms with Crippen LogP contribution in [0.15, 0.2) is 59.5 Å². The SMILES string of the molecule is Cc1ccc2c(c1)cc(CO)n2S(=O)(=O)c1ccccc1. The fourth-order valence-electron chi connectivity index (χ4n) is 2.46. The molecule has 4 nitrogen and oxygen atoms in total. The lowest BCUT2D eigenvalue weighted by Gasteiger charge is -2.10. The second-order valence-corrected chi connectivity index (χ2v) is 6.73. The minimum Gasteiger partial charge on any atom is -0.390 e. The molecule has 0 bridgehead atoms. The van der Waals surface area contributed by atoms with Crippen LogP contribution in [0.4, 0.5) is 0 Å². The highest BCUT2D eigenvalue weighted by molar-refractivity contribution is 7.90. The van der Waals surface area contributed by atoms with E-state index in [0.717, 1.165) is 10.9 Å². The summed E-state index contributed by atoms with van der Waals surface area (Å²) in [5.74, 6) is 0. The number of nitrogens with zero attached hydrogens (tertiary/aromatic N) is 1. The zero-order valence-corrected chi connectivity index (χ0v) is 12.3. The van der Waals surface area contributed by atoms with Crippen LogP contribution in [0.3, 0.4) is 0 Å². The highest BCUT2D eigenvalue weighted by atomic mass is 32.2. The normalized spacial score (nSPS) is 11.9. The minimum absolute atomic E-state index is 0.206. The maximum Gasteiger partial charge on any atom is 0.268 e. The van der Waals surface area contributed by atoms with Gasteiger partial charge in [-0.05, 0) is 37.3 Å². The zero-order valence-electron chi connectivity index (χ0n) is 11.5. The van der Waals surface area contributed by atoms with Crippen LogP contribution in [0.25, 0.3) is 10.9 Å². The average molecular weight is 301 g/mol. The van der Waals surface area contributed by atoms with Crippen molar-refractivity contribution in [2.45, 2.75) is 18.4 Å².